The summed E-state index contributed by atoms with van der Waals surface area (Å²) in [5.41, 5.74) is 4.87. The Bertz CT molecular complexity index is 893. The fourth-order valence-corrected chi connectivity index (χ4v) is 3.34. The summed E-state index contributed by atoms with van der Waals surface area (Å²) < 4.78 is 0. The topological polar surface area (TPSA) is 45.2 Å². The van der Waals surface area contributed by atoms with Crippen LogP contribution in [0.4, 0.5) is 23.1 Å². The molecule has 2 aromatic carbocycles. The Hall–Kier alpha value is -2.95. The fraction of sp³-hybridized carbons (Fsp3) is 0.250. The Labute approximate surface area is 148 Å². The molecule has 0 bridgehead atoms. The number of hydrogen-bond acceptors (Lipinski definition) is 5. The number of aromatic nitrogens is 3. The highest BCUT2D eigenvalue weighted by Crippen LogP contribution is 2.33. The van der Waals surface area contributed by atoms with Crippen LogP contribution in [0, 0.1) is 6.92 Å². The van der Waals surface area contributed by atoms with Crippen molar-refractivity contribution in [3.05, 3.63) is 65.9 Å². The molecule has 4 rings (SSSR count). The third-order valence-electron chi connectivity index (χ3n) is 4.57. The van der Waals surface area contributed by atoms with Crippen LogP contribution in [-0.2, 0) is 6.42 Å². The van der Waals surface area contributed by atoms with Gasteiger partial charge in [0, 0.05) is 24.5 Å². The average molecular weight is 331 g/mol. The Balaban J connectivity index is 1.70. The molecule has 25 heavy (non-hydrogen) atoms. The molecular weight excluding hydrogens is 310 g/mol. The van der Waals surface area contributed by atoms with Gasteiger partial charge < -0.3 is 9.80 Å². The van der Waals surface area contributed by atoms with Gasteiger partial charge in [0.2, 0.25) is 0 Å². The Kier molecular flexibility index (Phi) is 4.06. The Morgan fingerprint density at radius 1 is 1.12 bits per heavy atom. The average Bonchev–Trinajstić information content (AvgIpc) is 3.07. The number of para-hydroxylation sites is 1. The predicted octanol–water partition coefficient (Wildman–Crippen LogP) is 4.03. The van der Waals surface area contributed by atoms with Crippen molar-refractivity contribution in [2.24, 2.45) is 0 Å². The number of aryl methyl sites for hydroxylation is 1. The summed E-state index contributed by atoms with van der Waals surface area (Å²) >= 11 is 0. The van der Waals surface area contributed by atoms with Gasteiger partial charge in [-0.3, -0.25) is 0 Å². The van der Waals surface area contributed by atoms with Crippen molar-refractivity contribution in [1.29, 1.82) is 0 Å². The third kappa shape index (κ3) is 2.93. The molecule has 0 fully saturated rings. The molecule has 5 nitrogen and oxygen atoms in total. The smallest absolute Gasteiger partial charge is 0.251 e. The van der Waals surface area contributed by atoms with Crippen LogP contribution < -0.4 is 9.80 Å². The zero-order valence-electron chi connectivity index (χ0n) is 14.6. The van der Waals surface area contributed by atoms with Gasteiger partial charge in [0.1, 0.15) is 0 Å². The minimum absolute atomic E-state index is 0.634. The molecule has 0 amide bonds. The number of benzene rings is 2. The number of hydrogen-bond donors (Lipinski definition) is 0. The van der Waals surface area contributed by atoms with E-state index in [2.05, 4.69) is 82.4 Å². The van der Waals surface area contributed by atoms with Crippen molar-refractivity contribution in [1.82, 2.24) is 15.2 Å². The zero-order chi connectivity index (χ0) is 17.2. The molecule has 126 valence electrons. The lowest BCUT2D eigenvalue weighted by molar-refractivity contribution is 0.864. The van der Waals surface area contributed by atoms with Crippen LogP contribution in [0.25, 0.3) is 0 Å². The van der Waals surface area contributed by atoms with Crippen molar-refractivity contribution in [2.45, 2.75) is 20.3 Å². The molecule has 0 atom stereocenters. The molecule has 0 aliphatic carbocycles. The van der Waals surface area contributed by atoms with Gasteiger partial charge in [0.15, 0.2) is 5.82 Å². The zero-order valence-corrected chi connectivity index (χ0v) is 14.6. The normalized spacial score (nSPS) is 13.0. The summed E-state index contributed by atoms with van der Waals surface area (Å²) in [6.45, 7) is 5.90. The standard InChI is InChI=1S/C20H21N5/c1-3-24(17-9-6-7-15(2)13-17)20-22-19(14-21-23-20)25-12-11-16-8-4-5-10-18(16)25/h4-10,13-14H,3,11-12H2,1-2H3. The van der Waals surface area contributed by atoms with Gasteiger partial charge >= 0.3 is 0 Å². The van der Waals surface area contributed by atoms with E-state index in [9.17, 15) is 0 Å². The van der Waals surface area contributed by atoms with Gasteiger partial charge in [-0.15, -0.1) is 5.10 Å². The molecule has 5 heteroatoms. The molecule has 0 radical (unpaired) electrons. The van der Waals surface area contributed by atoms with Gasteiger partial charge in [-0.1, -0.05) is 30.3 Å². The van der Waals surface area contributed by atoms with E-state index in [4.69, 9.17) is 4.98 Å². The first-order chi connectivity index (χ1) is 12.3. The maximum absolute atomic E-state index is 4.81. The van der Waals surface area contributed by atoms with E-state index < -0.39 is 0 Å². The SMILES string of the molecule is CCN(c1cccc(C)c1)c1nncc(N2CCc3ccccc32)n1. The molecule has 2 heterocycles. The minimum Gasteiger partial charge on any atom is -0.324 e. The largest absolute Gasteiger partial charge is 0.324 e. The van der Waals surface area contributed by atoms with Crippen LogP contribution in [0.3, 0.4) is 0 Å². The molecule has 1 aliphatic rings. The van der Waals surface area contributed by atoms with E-state index >= 15 is 0 Å². The van der Waals surface area contributed by atoms with Gasteiger partial charge in [0.05, 0.1) is 6.20 Å². The molecule has 0 saturated heterocycles. The molecule has 3 aromatic rings. The molecule has 1 aromatic heterocycles. The lowest BCUT2D eigenvalue weighted by Crippen LogP contribution is -2.22. The summed E-state index contributed by atoms with van der Waals surface area (Å²) in [5, 5.41) is 8.51. The Morgan fingerprint density at radius 2 is 2.00 bits per heavy atom. The summed E-state index contributed by atoms with van der Waals surface area (Å²) in [4.78, 5) is 9.12. The van der Waals surface area contributed by atoms with Crippen LogP contribution in [0.2, 0.25) is 0 Å². The predicted molar refractivity (Wildman–Crippen MR) is 101 cm³/mol. The van der Waals surface area contributed by atoms with Crippen LogP contribution in [0.5, 0.6) is 0 Å². The lowest BCUT2D eigenvalue weighted by Gasteiger charge is -2.23. The first kappa shape index (κ1) is 15.6. The summed E-state index contributed by atoms with van der Waals surface area (Å²) in [6, 6.07) is 16.8. The van der Waals surface area contributed by atoms with E-state index in [-0.39, 0.29) is 0 Å². The highest BCUT2D eigenvalue weighted by Gasteiger charge is 2.22. The molecule has 0 N–H and O–H groups in total. The summed E-state index contributed by atoms with van der Waals surface area (Å²) in [6.07, 6.45) is 2.78. The third-order valence-corrected chi connectivity index (χ3v) is 4.57. The molecule has 1 aliphatic heterocycles. The van der Waals surface area contributed by atoms with Crippen molar-refractivity contribution in [3.63, 3.8) is 0 Å². The van der Waals surface area contributed by atoms with E-state index in [1.54, 1.807) is 6.20 Å². The maximum atomic E-state index is 4.81. The first-order valence-electron chi connectivity index (χ1n) is 8.65. The first-order valence-corrected chi connectivity index (χ1v) is 8.65. The lowest BCUT2D eigenvalue weighted by atomic mass is 10.2. The van der Waals surface area contributed by atoms with Crippen LogP contribution >= 0.6 is 0 Å². The number of nitrogens with zero attached hydrogens (tertiary/aromatic N) is 5. The molecular formula is C20H21N5. The van der Waals surface area contributed by atoms with Crippen molar-refractivity contribution >= 4 is 23.1 Å². The summed E-state index contributed by atoms with van der Waals surface area (Å²) in [5.74, 6) is 1.48. The Morgan fingerprint density at radius 3 is 2.84 bits per heavy atom. The van der Waals surface area contributed by atoms with E-state index in [0.717, 1.165) is 31.0 Å². The minimum atomic E-state index is 0.634. The molecule has 0 spiro atoms. The summed E-state index contributed by atoms with van der Waals surface area (Å²) in [7, 11) is 0. The van der Waals surface area contributed by atoms with Gasteiger partial charge in [-0.2, -0.15) is 10.1 Å². The van der Waals surface area contributed by atoms with Gasteiger partial charge in [-0.05, 0) is 49.6 Å². The van der Waals surface area contributed by atoms with E-state index in [0.29, 0.717) is 5.95 Å². The van der Waals surface area contributed by atoms with Crippen molar-refractivity contribution < 1.29 is 0 Å². The highest BCUT2D eigenvalue weighted by molar-refractivity contribution is 5.68. The number of anilines is 4. The van der Waals surface area contributed by atoms with Crippen molar-refractivity contribution in [3.8, 4) is 0 Å². The van der Waals surface area contributed by atoms with Crippen LogP contribution in [-0.4, -0.2) is 28.3 Å². The molecule has 0 saturated carbocycles. The second-order valence-corrected chi connectivity index (χ2v) is 6.23. The number of rotatable bonds is 4. The van der Waals surface area contributed by atoms with Crippen LogP contribution in [0.15, 0.2) is 54.7 Å². The van der Waals surface area contributed by atoms with Crippen LogP contribution in [0.1, 0.15) is 18.1 Å². The molecule has 0 unspecified atom stereocenters. The fourth-order valence-electron chi connectivity index (χ4n) is 3.34. The van der Waals surface area contributed by atoms with Gasteiger partial charge in [0.25, 0.3) is 5.95 Å². The second-order valence-electron chi connectivity index (χ2n) is 6.23. The van der Waals surface area contributed by atoms with Crippen molar-refractivity contribution in [2.75, 3.05) is 22.9 Å². The van der Waals surface area contributed by atoms with Gasteiger partial charge in [-0.25, -0.2) is 0 Å². The second kappa shape index (κ2) is 6.51. The maximum Gasteiger partial charge on any atom is 0.251 e. The quantitative estimate of drug-likeness (QED) is 0.722. The monoisotopic (exact) mass is 331 g/mol. The number of fused-ring (bicyclic) bond motifs is 1. The van der Waals surface area contributed by atoms with E-state index in [1.165, 1.54) is 16.8 Å². The van der Waals surface area contributed by atoms with E-state index in [1.807, 2.05) is 0 Å². The highest BCUT2D eigenvalue weighted by atomic mass is 15.4.